The van der Waals surface area contributed by atoms with Gasteiger partial charge in [0.25, 0.3) is 0 Å². The maximum Gasteiger partial charge on any atom is 0.208 e. The van der Waals surface area contributed by atoms with Crippen molar-refractivity contribution in [1.82, 2.24) is 14.3 Å². The van der Waals surface area contributed by atoms with Crippen molar-refractivity contribution in [3.05, 3.63) is 23.0 Å². The Kier molecular flexibility index (Phi) is 3.66. The third-order valence-electron chi connectivity index (χ3n) is 2.52. The van der Waals surface area contributed by atoms with Gasteiger partial charge < -0.3 is 10.3 Å². The van der Waals surface area contributed by atoms with Crippen LogP contribution in [0.4, 0.5) is 10.3 Å². The van der Waals surface area contributed by atoms with Crippen LogP contribution in [0.5, 0.6) is 0 Å². The summed E-state index contributed by atoms with van der Waals surface area (Å²) in [5.41, 5.74) is 6.64. The molecule has 2 aromatic rings. The van der Waals surface area contributed by atoms with Crippen molar-refractivity contribution in [1.29, 1.82) is 0 Å². The van der Waals surface area contributed by atoms with Crippen molar-refractivity contribution in [2.45, 2.75) is 6.54 Å². The molecule has 0 amide bonds. The molecule has 0 unspecified atom stereocenters. The number of aromatic nitrogens is 2. The molecule has 0 saturated carbocycles. The fourth-order valence-corrected chi connectivity index (χ4v) is 2.34. The monoisotopic (exact) mass is 306 g/mol. The average molecular weight is 307 g/mol. The minimum Gasteiger partial charge on any atom is -0.369 e. The van der Waals surface area contributed by atoms with E-state index in [0.717, 1.165) is 6.26 Å². The van der Waals surface area contributed by atoms with Crippen LogP contribution in [0.25, 0.3) is 11.0 Å². The molecule has 0 fully saturated rings. The Labute approximate surface area is 114 Å². The maximum atomic E-state index is 13.3. The molecule has 104 valence electrons. The standard InChI is InChI=1S/C10H12ClFN4O2S/c1-19(17,18)14-2-3-16-9-4-6(11)7(12)5-8(9)15-10(16)13/h4-5,14H,2-3H2,1H3,(H2,13,15). The van der Waals surface area contributed by atoms with Crippen molar-refractivity contribution in [2.24, 2.45) is 0 Å². The largest absolute Gasteiger partial charge is 0.369 e. The fourth-order valence-electron chi connectivity index (χ4n) is 1.72. The third-order valence-corrected chi connectivity index (χ3v) is 3.54. The topological polar surface area (TPSA) is 90.0 Å². The predicted molar refractivity (Wildman–Crippen MR) is 72.0 cm³/mol. The number of fused-ring (bicyclic) bond motifs is 1. The molecule has 0 aliphatic carbocycles. The zero-order chi connectivity index (χ0) is 14.2. The van der Waals surface area contributed by atoms with Gasteiger partial charge in [0, 0.05) is 19.2 Å². The van der Waals surface area contributed by atoms with E-state index in [-0.39, 0.29) is 24.1 Å². The zero-order valence-electron chi connectivity index (χ0n) is 10.0. The number of nitrogens with zero attached hydrogens (tertiary/aromatic N) is 2. The minimum atomic E-state index is -3.27. The van der Waals surface area contributed by atoms with Gasteiger partial charge in [-0.2, -0.15) is 0 Å². The fraction of sp³-hybridized carbons (Fsp3) is 0.300. The van der Waals surface area contributed by atoms with Gasteiger partial charge in [-0.05, 0) is 6.07 Å². The number of nitrogens with two attached hydrogens (primary N) is 1. The molecule has 2 rings (SSSR count). The van der Waals surface area contributed by atoms with Gasteiger partial charge in [0.05, 0.1) is 22.3 Å². The van der Waals surface area contributed by atoms with E-state index in [1.54, 1.807) is 4.57 Å². The van der Waals surface area contributed by atoms with Crippen LogP contribution in [0.3, 0.4) is 0 Å². The van der Waals surface area contributed by atoms with Crippen LogP contribution in [0.15, 0.2) is 12.1 Å². The Hall–Kier alpha value is -1.38. The number of anilines is 1. The van der Waals surface area contributed by atoms with Crippen LogP contribution in [0, 0.1) is 5.82 Å². The Balaban J connectivity index is 2.32. The Bertz CT molecular complexity index is 729. The molecular formula is C10H12ClFN4O2S. The first-order valence-corrected chi connectivity index (χ1v) is 7.60. The van der Waals surface area contributed by atoms with Gasteiger partial charge in [0.2, 0.25) is 16.0 Å². The SMILES string of the molecule is CS(=O)(=O)NCCn1c(N)nc2cc(F)c(Cl)cc21. The summed E-state index contributed by atoms with van der Waals surface area (Å²) >= 11 is 5.71. The molecule has 0 saturated heterocycles. The predicted octanol–water partition coefficient (Wildman–Crippen LogP) is 0.960. The molecule has 6 nitrogen and oxygen atoms in total. The highest BCUT2D eigenvalue weighted by Gasteiger charge is 2.12. The molecular weight excluding hydrogens is 295 g/mol. The minimum absolute atomic E-state index is 0.0373. The quantitative estimate of drug-likeness (QED) is 0.880. The van der Waals surface area contributed by atoms with Crippen molar-refractivity contribution >= 4 is 38.6 Å². The smallest absolute Gasteiger partial charge is 0.208 e. The highest BCUT2D eigenvalue weighted by Crippen LogP contribution is 2.24. The molecule has 0 aliphatic heterocycles. The van der Waals surface area contributed by atoms with E-state index in [1.807, 2.05) is 0 Å². The molecule has 1 aromatic carbocycles. The van der Waals surface area contributed by atoms with Gasteiger partial charge in [-0.1, -0.05) is 11.6 Å². The molecule has 0 radical (unpaired) electrons. The Morgan fingerprint density at radius 2 is 2.21 bits per heavy atom. The number of benzene rings is 1. The second-order valence-corrected chi connectivity index (χ2v) is 6.28. The van der Waals surface area contributed by atoms with E-state index < -0.39 is 15.8 Å². The number of nitrogens with one attached hydrogen (secondary N) is 1. The lowest BCUT2D eigenvalue weighted by Crippen LogP contribution is -2.26. The number of hydrogen-bond donors (Lipinski definition) is 2. The van der Waals surface area contributed by atoms with E-state index in [1.165, 1.54) is 12.1 Å². The average Bonchev–Trinajstić information content (AvgIpc) is 2.55. The summed E-state index contributed by atoms with van der Waals surface area (Å²) in [4.78, 5) is 4.00. The molecule has 0 aliphatic rings. The second-order valence-electron chi connectivity index (χ2n) is 4.04. The first kappa shape index (κ1) is 14.0. The first-order chi connectivity index (χ1) is 8.78. The van der Waals surface area contributed by atoms with Gasteiger partial charge in [-0.15, -0.1) is 0 Å². The number of nitrogen functional groups attached to an aromatic ring is 1. The van der Waals surface area contributed by atoms with Crippen LogP contribution in [0.2, 0.25) is 5.02 Å². The highest BCUT2D eigenvalue weighted by molar-refractivity contribution is 7.88. The summed E-state index contributed by atoms with van der Waals surface area (Å²) in [6.45, 7) is 0.431. The molecule has 0 bridgehead atoms. The summed E-state index contributed by atoms with van der Waals surface area (Å²) in [7, 11) is -3.27. The van der Waals surface area contributed by atoms with Gasteiger partial charge in [0.1, 0.15) is 5.82 Å². The van der Waals surface area contributed by atoms with E-state index in [9.17, 15) is 12.8 Å². The lowest BCUT2D eigenvalue weighted by molar-refractivity contribution is 0.581. The zero-order valence-corrected chi connectivity index (χ0v) is 11.6. The van der Waals surface area contributed by atoms with Crippen LogP contribution >= 0.6 is 11.6 Å². The Morgan fingerprint density at radius 1 is 1.53 bits per heavy atom. The van der Waals surface area contributed by atoms with Crippen LogP contribution < -0.4 is 10.5 Å². The normalized spacial score (nSPS) is 12.2. The highest BCUT2D eigenvalue weighted by atomic mass is 35.5. The number of hydrogen-bond acceptors (Lipinski definition) is 4. The molecule has 3 N–H and O–H groups in total. The Morgan fingerprint density at radius 3 is 2.84 bits per heavy atom. The van der Waals surface area contributed by atoms with Gasteiger partial charge in [-0.25, -0.2) is 22.5 Å². The van der Waals surface area contributed by atoms with Crippen molar-refractivity contribution in [2.75, 3.05) is 18.5 Å². The lowest BCUT2D eigenvalue weighted by atomic mass is 10.3. The number of halogens is 2. The first-order valence-electron chi connectivity index (χ1n) is 5.33. The van der Waals surface area contributed by atoms with Gasteiger partial charge >= 0.3 is 0 Å². The molecule has 1 heterocycles. The van der Waals surface area contributed by atoms with Crippen molar-refractivity contribution in [3.8, 4) is 0 Å². The maximum absolute atomic E-state index is 13.3. The molecule has 1 aromatic heterocycles. The summed E-state index contributed by atoms with van der Waals surface area (Å²) < 4.78 is 39.1. The second kappa shape index (κ2) is 4.95. The van der Waals surface area contributed by atoms with E-state index in [4.69, 9.17) is 17.3 Å². The van der Waals surface area contributed by atoms with Crippen molar-refractivity contribution < 1.29 is 12.8 Å². The molecule has 19 heavy (non-hydrogen) atoms. The van der Waals surface area contributed by atoms with Crippen LogP contribution in [-0.4, -0.2) is 30.8 Å². The van der Waals surface area contributed by atoms with E-state index >= 15 is 0 Å². The van der Waals surface area contributed by atoms with Crippen molar-refractivity contribution in [3.63, 3.8) is 0 Å². The summed E-state index contributed by atoms with van der Waals surface area (Å²) in [5.74, 6) is -0.403. The summed E-state index contributed by atoms with van der Waals surface area (Å²) in [6, 6.07) is 2.60. The van der Waals surface area contributed by atoms with E-state index in [0.29, 0.717) is 11.0 Å². The molecule has 0 spiro atoms. The van der Waals surface area contributed by atoms with Crippen LogP contribution in [-0.2, 0) is 16.6 Å². The number of rotatable bonds is 4. The van der Waals surface area contributed by atoms with E-state index in [2.05, 4.69) is 9.71 Å². The molecule has 0 atom stereocenters. The number of imidazole rings is 1. The van der Waals surface area contributed by atoms with Gasteiger partial charge in [-0.3, -0.25) is 0 Å². The van der Waals surface area contributed by atoms with Crippen LogP contribution in [0.1, 0.15) is 0 Å². The summed E-state index contributed by atoms with van der Waals surface area (Å²) in [6.07, 6.45) is 1.06. The third kappa shape index (κ3) is 3.14. The number of sulfonamides is 1. The molecule has 9 heteroatoms. The summed E-state index contributed by atoms with van der Waals surface area (Å²) in [5, 5.41) is -0.0373. The lowest BCUT2D eigenvalue weighted by Gasteiger charge is -2.07. The van der Waals surface area contributed by atoms with Gasteiger partial charge in [0.15, 0.2) is 0 Å².